The van der Waals surface area contributed by atoms with Crippen molar-refractivity contribution in [3.8, 4) is 0 Å². The van der Waals surface area contributed by atoms with Crippen LogP contribution in [0.4, 0.5) is 10.5 Å². The Balaban J connectivity index is 2.39. The largest absolute Gasteiger partial charge is 0.378 e. The lowest BCUT2D eigenvalue weighted by atomic mass is 10.2. The van der Waals surface area contributed by atoms with E-state index in [9.17, 15) is 9.59 Å². The van der Waals surface area contributed by atoms with Crippen LogP contribution >= 0.6 is 0 Å². The predicted molar refractivity (Wildman–Crippen MR) is 93.5 cm³/mol. The SMILES string of the molecule is CC(C)CNC(=O)NC(=O)CN(C)Cc1ccc(N(C)C)cc1. The first kappa shape index (κ1) is 19.0. The first-order valence-corrected chi connectivity index (χ1v) is 7.80. The Morgan fingerprint density at radius 1 is 1.09 bits per heavy atom. The van der Waals surface area contributed by atoms with Crippen molar-refractivity contribution in [3.05, 3.63) is 29.8 Å². The van der Waals surface area contributed by atoms with Gasteiger partial charge in [-0.2, -0.15) is 0 Å². The molecule has 0 unspecified atom stereocenters. The Morgan fingerprint density at radius 3 is 2.22 bits per heavy atom. The van der Waals surface area contributed by atoms with Gasteiger partial charge in [0.1, 0.15) is 0 Å². The summed E-state index contributed by atoms with van der Waals surface area (Å²) in [4.78, 5) is 27.3. The molecule has 0 radical (unpaired) electrons. The Bertz CT molecular complexity index is 512. The third-order valence-corrected chi connectivity index (χ3v) is 3.24. The summed E-state index contributed by atoms with van der Waals surface area (Å²) in [6.45, 7) is 5.36. The summed E-state index contributed by atoms with van der Waals surface area (Å²) in [5, 5.41) is 5.00. The number of amides is 3. The summed E-state index contributed by atoms with van der Waals surface area (Å²) in [6.07, 6.45) is 0. The molecule has 2 N–H and O–H groups in total. The van der Waals surface area contributed by atoms with Gasteiger partial charge in [0.25, 0.3) is 0 Å². The molecular formula is C17H28N4O2. The molecule has 128 valence electrons. The minimum Gasteiger partial charge on any atom is -0.378 e. The quantitative estimate of drug-likeness (QED) is 0.802. The number of nitrogens with zero attached hydrogens (tertiary/aromatic N) is 2. The average molecular weight is 320 g/mol. The zero-order valence-corrected chi connectivity index (χ0v) is 14.7. The Labute approximate surface area is 138 Å². The van der Waals surface area contributed by atoms with Gasteiger partial charge in [-0.05, 0) is 30.7 Å². The predicted octanol–water partition coefficient (Wildman–Crippen LogP) is 1.67. The Hall–Kier alpha value is -2.08. The van der Waals surface area contributed by atoms with E-state index < -0.39 is 6.03 Å². The van der Waals surface area contributed by atoms with Crippen LogP contribution in [0.15, 0.2) is 24.3 Å². The summed E-state index contributed by atoms with van der Waals surface area (Å²) in [6, 6.07) is 7.73. The molecule has 0 aromatic heterocycles. The molecule has 0 fully saturated rings. The van der Waals surface area contributed by atoms with Crippen molar-refractivity contribution < 1.29 is 9.59 Å². The second-order valence-corrected chi connectivity index (χ2v) is 6.39. The fourth-order valence-electron chi connectivity index (χ4n) is 2.02. The van der Waals surface area contributed by atoms with Crippen LogP contribution in [0.25, 0.3) is 0 Å². The number of carbonyl (C=O) groups is 2. The number of benzene rings is 1. The maximum atomic E-state index is 11.8. The molecule has 0 saturated heterocycles. The van der Waals surface area contributed by atoms with Crippen molar-refractivity contribution in [1.82, 2.24) is 15.5 Å². The van der Waals surface area contributed by atoms with Crippen LogP contribution in [0, 0.1) is 5.92 Å². The number of rotatable bonds is 7. The third-order valence-electron chi connectivity index (χ3n) is 3.24. The van der Waals surface area contributed by atoms with Crippen molar-refractivity contribution >= 4 is 17.6 Å². The Kier molecular flexibility index (Phi) is 7.54. The molecule has 0 atom stereocenters. The molecule has 0 aliphatic carbocycles. The molecule has 0 spiro atoms. The van der Waals surface area contributed by atoms with Crippen LogP contribution in [-0.4, -0.2) is 51.1 Å². The second kappa shape index (κ2) is 9.15. The normalized spacial score (nSPS) is 10.7. The summed E-state index contributed by atoms with van der Waals surface area (Å²) in [5.41, 5.74) is 2.26. The molecule has 1 aromatic rings. The number of nitrogens with one attached hydrogen (secondary N) is 2. The standard InChI is InChI=1S/C17H28N4O2/c1-13(2)10-18-17(23)19-16(22)12-21(5)11-14-6-8-15(9-7-14)20(3)4/h6-9,13H,10-12H2,1-5H3,(H2,18,19,22,23). The van der Waals surface area contributed by atoms with Crippen LogP contribution in [0.2, 0.25) is 0 Å². The summed E-state index contributed by atoms with van der Waals surface area (Å²) in [7, 11) is 5.84. The van der Waals surface area contributed by atoms with Gasteiger partial charge in [-0.15, -0.1) is 0 Å². The number of urea groups is 1. The molecule has 0 bridgehead atoms. The molecule has 0 aliphatic rings. The minimum atomic E-state index is -0.438. The Morgan fingerprint density at radius 2 is 1.70 bits per heavy atom. The molecule has 3 amide bonds. The van der Waals surface area contributed by atoms with E-state index in [1.807, 2.05) is 69.1 Å². The molecule has 1 aromatic carbocycles. The molecule has 0 aliphatic heterocycles. The van der Waals surface area contributed by atoms with Crippen LogP contribution in [-0.2, 0) is 11.3 Å². The van der Waals surface area contributed by atoms with Gasteiger partial charge in [-0.25, -0.2) is 4.79 Å². The van der Waals surface area contributed by atoms with Gasteiger partial charge in [-0.3, -0.25) is 15.0 Å². The number of hydrogen-bond donors (Lipinski definition) is 2. The van der Waals surface area contributed by atoms with E-state index in [1.54, 1.807) is 0 Å². The maximum Gasteiger partial charge on any atom is 0.321 e. The maximum absolute atomic E-state index is 11.8. The van der Waals surface area contributed by atoms with Crippen molar-refractivity contribution in [3.63, 3.8) is 0 Å². The number of imide groups is 1. The zero-order valence-electron chi connectivity index (χ0n) is 14.7. The van der Waals surface area contributed by atoms with Crippen LogP contribution < -0.4 is 15.5 Å². The highest BCUT2D eigenvalue weighted by atomic mass is 16.2. The van der Waals surface area contributed by atoms with Gasteiger partial charge >= 0.3 is 6.03 Å². The molecule has 6 nitrogen and oxygen atoms in total. The highest BCUT2D eigenvalue weighted by molar-refractivity contribution is 5.95. The van der Waals surface area contributed by atoms with Gasteiger partial charge in [0, 0.05) is 32.9 Å². The first-order chi connectivity index (χ1) is 10.8. The smallest absolute Gasteiger partial charge is 0.321 e. The summed E-state index contributed by atoms with van der Waals surface area (Å²) in [5.74, 6) is 0.0438. The number of likely N-dealkylation sites (N-methyl/N-ethyl adjacent to an activating group) is 1. The number of hydrogen-bond acceptors (Lipinski definition) is 4. The lowest BCUT2D eigenvalue weighted by Gasteiger charge is -2.17. The molecule has 0 saturated carbocycles. The van der Waals surface area contributed by atoms with E-state index in [0.29, 0.717) is 19.0 Å². The highest BCUT2D eigenvalue weighted by Crippen LogP contribution is 2.13. The van der Waals surface area contributed by atoms with Gasteiger partial charge in [0.05, 0.1) is 6.54 Å². The fraction of sp³-hybridized carbons (Fsp3) is 0.529. The van der Waals surface area contributed by atoms with Gasteiger partial charge in [0.15, 0.2) is 0 Å². The van der Waals surface area contributed by atoms with E-state index in [4.69, 9.17) is 0 Å². The third kappa shape index (κ3) is 7.65. The van der Waals surface area contributed by atoms with Gasteiger partial charge in [-0.1, -0.05) is 26.0 Å². The first-order valence-electron chi connectivity index (χ1n) is 7.80. The average Bonchev–Trinajstić information content (AvgIpc) is 2.45. The topological polar surface area (TPSA) is 64.7 Å². The van der Waals surface area contributed by atoms with Crippen LogP contribution in [0.3, 0.4) is 0 Å². The summed E-state index contributed by atoms with van der Waals surface area (Å²) < 4.78 is 0. The van der Waals surface area contributed by atoms with Crippen LogP contribution in [0.1, 0.15) is 19.4 Å². The van der Waals surface area contributed by atoms with Crippen molar-refractivity contribution in [2.75, 3.05) is 39.1 Å². The highest BCUT2D eigenvalue weighted by Gasteiger charge is 2.11. The van der Waals surface area contributed by atoms with E-state index in [0.717, 1.165) is 11.3 Å². The molecule has 0 heterocycles. The van der Waals surface area contributed by atoms with E-state index in [1.165, 1.54) is 0 Å². The number of anilines is 1. The van der Waals surface area contributed by atoms with E-state index >= 15 is 0 Å². The molecule has 1 rings (SSSR count). The van der Waals surface area contributed by atoms with Crippen molar-refractivity contribution in [2.45, 2.75) is 20.4 Å². The zero-order chi connectivity index (χ0) is 17.4. The van der Waals surface area contributed by atoms with Crippen molar-refractivity contribution in [1.29, 1.82) is 0 Å². The minimum absolute atomic E-state index is 0.171. The lowest BCUT2D eigenvalue weighted by Crippen LogP contribution is -2.44. The number of carbonyl (C=O) groups excluding carboxylic acids is 2. The van der Waals surface area contributed by atoms with E-state index in [2.05, 4.69) is 10.6 Å². The van der Waals surface area contributed by atoms with Gasteiger partial charge < -0.3 is 10.2 Å². The monoisotopic (exact) mass is 320 g/mol. The fourth-order valence-corrected chi connectivity index (χ4v) is 2.02. The molecule has 23 heavy (non-hydrogen) atoms. The second-order valence-electron chi connectivity index (χ2n) is 6.39. The van der Waals surface area contributed by atoms with Gasteiger partial charge in [0.2, 0.25) is 5.91 Å². The van der Waals surface area contributed by atoms with Crippen molar-refractivity contribution in [2.24, 2.45) is 5.92 Å². The summed E-state index contributed by atoms with van der Waals surface area (Å²) >= 11 is 0. The van der Waals surface area contributed by atoms with Crippen LogP contribution in [0.5, 0.6) is 0 Å². The molecular weight excluding hydrogens is 292 g/mol. The van der Waals surface area contributed by atoms with E-state index in [-0.39, 0.29) is 12.5 Å². The molecule has 6 heteroatoms. The lowest BCUT2D eigenvalue weighted by molar-refractivity contribution is -0.120.